The van der Waals surface area contributed by atoms with E-state index in [1.54, 1.807) is 0 Å². The van der Waals surface area contributed by atoms with Crippen molar-refractivity contribution >= 4 is 0 Å². The standard InChI is InChI=1S/C7H15O.Cu/c1-5(2)7(8)6(3)4;/h5-7H,1-4H3;/q-1;+1. The number of hydrogen-bond donors (Lipinski definition) is 0. The molecule has 0 aromatic rings. The van der Waals surface area contributed by atoms with E-state index in [2.05, 4.69) is 44.0 Å². The van der Waals surface area contributed by atoms with Gasteiger partial charge in [-0.15, -0.1) is 0 Å². The minimum atomic E-state index is 0.227. The second-order valence-electron chi connectivity index (χ2n) is 3.02. The van der Waals surface area contributed by atoms with Gasteiger partial charge in [0.1, 0.15) is 0 Å². The van der Waals surface area contributed by atoms with Gasteiger partial charge in [0.15, 0.2) is 0 Å². The molecule has 0 atom stereocenters. The van der Waals surface area contributed by atoms with Crippen molar-refractivity contribution in [2.45, 2.75) is 33.8 Å². The summed E-state index contributed by atoms with van der Waals surface area (Å²) in [5.41, 5.74) is 0. The molecule has 0 heterocycles. The van der Waals surface area contributed by atoms with E-state index >= 15 is 0 Å². The van der Waals surface area contributed by atoms with Gasteiger partial charge in [0.25, 0.3) is 0 Å². The SMILES string of the molecule is CC(C)C([O][Cu])C(C)C. The van der Waals surface area contributed by atoms with E-state index in [0.717, 1.165) is 0 Å². The Morgan fingerprint density at radius 3 is 1.33 bits per heavy atom. The first-order valence-electron chi connectivity index (χ1n) is 3.33. The quantitative estimate of drug-likeness (QED) is 0.602. The van der Waals surface area contributed by atoms with E-state index in [1.165, 1.54) is 0 Å². The van der Waals surface area contributed by atoms with Gasteiger partial charge < -0.3 is 0 Å². The zero-order chi connectivity index (χ0) is 7.44. The van der Waals surface area contributed by atoms with Crippen molar-refractivity contribution < 1.29 is 20.2 Å². The van der Waals surface area contributed by atoms with Crippen LogP contribution < -0.4 is 0 Å². The number of hydrogen-bond acceptors (Lipinski definition) is 1. The molecule has 1 nitrogen and oxygen atoms in total. The predicted octanol–water partition coefficient (Wildman–Crippen LogP) is 2.15. The molecule has 0 rings (SSSR count). The van der Waals surface area contributed by atoms with Crippen molar-refractivity contribution in [3.8, 4) is 0 Å². The summed E-state index contributed by atoms with van der Waals surface area (Å²) in [6, 6.07) is 0. The third-order valence-electron chi connectivity index (χ3n) is 1.40. The van der Waals surface area contributed by atoms with E-state index in [9.17, 15) is 0 Å². The van der Waals surface area contributed by atoms with Gasteiger partial charge in [0.05, 0.1) is 0 Å². The van der Waals surface area contributed by atoms with Crippen LogP contribution in [0, 0.1) is 11.8 Å². The Morgan fingerprint density at radius 2 is 1.33 bits per heavy atom. The van der Waals surface area contributed by atoms with Crippen LogP contribution in [0.15, 0.2) is 0 Å². The molecule has 9 heavy (non-hydrogen) atoms. The first-order chi connectivity index (χ1) is 4.09. The molecule has 0 N–H and O–H groups in total. The Bertz CT molecular complexity index is 63.3. The maximum atomic E-state index is 4.84. The van der Waals surface area contributed by atoms with Gasteiger partial charge in [-0.2, -0.15) is 0 Å². The van der Waals surface area contributed by atoms with Crippen LogP contribution in [-0.2, 0) is 20.2 Å². The molecule has 0 aliphatic rings. The Morgan fingerprint density at radius 1 is 1.00 bits per heavy atom. The summed E-state index contributed by atoms with van der Waals surface area (Å²) in [5.74, 6) is 1.05. The van der Waals surface area contributed by atoms with Crippen LogP contribution in [0.3, 0.4) is 0 Å². The van der Waals surface area contributed by atoms with E-state index < -0.39 is 0 Å². The van der Waals surface area contributed by atoms with Gasteiger partial charge in [-0.25, -0.2) is 0 Å². The Balaban J connectivity index is 3.68. The van der Waals surface area contributed by atoms with Crippen LogP contribution in [0.2, 0.25) is 0 Å². The zero-order valence-electron chi connectivity index (χ0n) is 6.44. The maximum absolute atomic E-state index is 4.84. The Kier molecular flexibility index (Phi) is 4.55. The summed E-state index contributed by atoms with van der Waals surface area (Å²) in [5, 5.41) is 0. The monoisotopic (exact) mass is 178 g/mol. The summed E-state index contributed by atoms with van der Waals surface area (Å²) in [4.78, 5) is 0. The molecule has 0 aromatic carbocycles. The molecule has 0 bridgehead atoms. The molecule has 60 valence electrons. The average Bonchev–Trinajstić information content (AvgIpc) is 1.64. The summed E-state index contributed by atoms with van der Waals surface area (Å²) in [7, 11) is 0. The molecule has 0 saturated carbocycles. The first-order valence-corrected chi connectivity index (χ1v) is 3.72. The summed E-state index contributed by atoms with van der Waals surface area (Å²) < 4.78 is 4.84. The fourth-order valence-electron chi connectivity index (χ4n) is 0.934. The summed E-state index contributed by atoms with van der Waals surface area (Å²) in [6.07, 6.45) is 0.227. The van der Waals surface area contributed by atoms with Gasteiger partial charge in [-0.1, -0.05) is 0 Å². The molecule has 0 saturated heterocycles. The van der Waals surface area contributed by atoms with Crippen LogP contribution in [0.5, 0.6) is 0 Å². The van der Waals surface area contributed by atoms with Crippen molar-refractivity contribution in [1.82, 2.24) is 0 Å². The van der Waals surface area contributed by atoms with Crippen molar-refractivity contribution in [3.05, 3.63) is 0 Å². The second kappa shape index (κ2) is 4.32. The topological polar surface area (TPSA) is 9.23 Å². The molecule has 2 heteroatoms. The fourth-order valence-corrected chi connectivity index (χ4v) is 1.45. The summed E-state index contributed by atoms with van der Waals surface area (Å²) in [6.45, 7) is 8.47. The molecule has 0 fully saturated rings. The van der Waals surface area contributed by atoms with Crippen LogP contribution in [0.1, 0.15) is 27.7 Å². The Labute approximate surface area is 66.3 Å². The Hall–Kier alpha value is 0.479. The zero-order valence-corrected chi connectivity index (χ0v) is 7.38. The second-order valence-corrected chi connectivity index (χ2v) is 3.25. The number of rotatable bonds is 3. The molecule has 0 aliphatic heterocycles. The van der Waals surface area contributed by atoms with Crippen molar-refractivity contribution in [1.29, 1.82) is 0 Å². The van der Waals surface area contributed by atoms with Crippen LogP contribution in [-0.4, -0.2) is 6.10 Å². The minimum absolute atomic E-state index is 0.227. The van der Waals surface area contributed by atoms with E-state index in [-0.39, 0.29) is 6.10 Å². The molecular formula is C7H15CuO. The van der Waals surface area contributed by atoms with Gasteiger partial charge in [-0.05, 0) is 0 Å². The van der Waals surface area contributed by atoms with Crippen molar-refractivity contribution in [2.75, 3.05) is 0 Å². The van der Waals surface area contributed by atoms with Gasteiger partial charge in [0, 0.05) is 0 Å². The normalized spacial score (nSPS) is 12.1. The molecular weight excluding hydrogens is 164 g/mol. The predicted molar refractivity (Wildman–Crippen MR) is 34.5 cm³/mol. The molecule has 0 aromatic heterocycles. The van der Waals surface area contributed by atoms with E-state index in [1.807, 2.05) is 0 Å². The summed E-state index contributed by atoms with van der Waals surface area (Å²) >= 11 is 4.66. The molecule has 0 spiro atoms. The first kappa shape index (κ1) is 9.48. The van der Waals surface area contributed by atoms with Gasteiger partial charge in [-0.3, -0.25) is 0 Å². The van der Waals surface area contributed by atoms with Crippen molar-refractivity contribution in [3.63, 3.8) is 0 Å². The van der Waals surface area contributed by atoms with Crippen LogP contribution >= 0.6 is 0 Å². The molecule has 0 unspecified atom stereocenters. The molecule has 0 radical (unpaired) electrons. The fraction of sp³-hybridized carbons (Fsp3) is 1.00. The van der Waals surface area contributed by atoms with Gasteiger partial charge >= 0.3 is 65.8 Å². The third kappa shape index (κ3) is 3.24. The molecule has 0 aliphatic carbocycles. The molecule has 0 amide bonds. The van der Waals surface area contributed by atoms with Crippen LogP contribution in [0.25, 0.3) is 0 Å². The van der Waals surface area contributed by atoms with Crippen molar-refractivity contribution in [2.24, 2.45) is 11.8 Å². The van der Waals surface area contributed by atoms with Crippen LogP contribution in [0.4, 0.5) is 0 Å². The van der Waals surface area contributed by atoms with E-state index in [4.69, 9.17) is 3.82 Å². The third-order valence-corrected chi connectivity index (χ3v) is 1.65. The van der Waals surface area contributed by atoms with Gasteiger partial charge in [0.2, 0.25) is 0 Å². The average molecular weight is 179 g/mol. The van der Waals surface area contributed by atoms with E-state index in [0.29, 0.717) is 11.8 Å².